The molecule has 1 fully saturated rings. The van der Waals surface area contributed by atoms with Gasteiger partial charge in [-0.15, -0.1) is 17.5 Å². The third-order valence-corrected chi connectivity index (χ3v) is 5.00. The van der Waals surface area contributed by atoms with Crippen LogP contribution < -0.4 is 10.1 Å². The van der Waals surface area contributed by atoms with Gasteiger partial charge in [-0.1, -0.05) is 17.3 Å². The van der Waals surface area contributed by atoms with Crippen LogP contribution in [0.4, 0.5) is 0 Å². The van der Waals surface area contributed by atoms with Gasteiger partial charge in [0.15, 0.2) is 11.5 Å². The van der Waals surface area contributed by atoms with Crippen molar-refractivity contribution in [2.75, 3.05) is 26.7 Å². The number of halogens is 1. The van der Waals surface area contributed by atoms with E-state index in [4.69, 9.17) is 9.26 Å². The molecular formula is C20H28ClN7O2. The van der Waals surface area contributed by atoms with Gasteiger partial charge >= 0.3 is 0 Å². The van der Waals surface area contributed by atoms with Gasteiger partial charge in [-0.2, -0.15) is 4.98 Å². The summed E-state index contributed by atoms with van der Waals surface area (Å²) in [5.74, 6) is 1.90. The summed E-state index contributed by atoms with van der Waals surface area (Å²) in [5, 5.41) is 16.2. The maximum Gasteiger partial charge on any atom is 0.280 e. The molecule has 1 N–H and O–H groups in total. The number of nitrogens with one attached hydrogen (secondary N) is 1. The molecule has 9 nitrogen and oxygen atoms in total. The highest BCUT2D eigenvalue weighted by atomic mass is 35.5. The fourth-order valence-corrected chi connectivity index (χ4v) is 3.49. The van der Waals surface area contributed by atoms with Crippen LogP contribution in [0.15, 0.2) is 28.8 Å². The summed E-state index contributed by atoms with van der Waals surface area (Å²) in [5.41, 5.74) is 2.46. The van der Waals surface area contributed by atoms with Gasteiger partial charge < -0.3 is 14.6 Å². The van der Waals surface area contributed by atoms with Gasteiger partial charge in [0.1, 0.15) is 5.75 Å². The highest BCUT2D eigenvalue weighted by Gasteiger charge is 2.27. The average Bonchev–Trinajstić information content (AvgIpc) is 3.35. The fraction of sp³-hybridized carbons (Fsp3) is 0.500. The predicted octanol–water partition coefficient (Wildman–Crippen LogP) is 2.66. The van der Waals surface area contributed by atoms with E-state index in [1.54, 1.807) is 0 Å². The molecule has 0 radical (unpaired) electrons. The molecule has 0 amide bonds. The molecule has 3 aromatic rings. The molecule has 1 unspecified atom stereocenters. The Morgan fingerprint density at radius 1 is 1.27 bits per heavy atom. The van der Waals surface area contributed by atoms with Crippen LogP contribution in [0, 0.1) is 0 Å². The third kappa shape index (κ3) is 4.48. The van der Waals surface area contributed by atoms with Gasteiger partial charge in [-0.05, 0) is 51.6 Å². The molecule has 1 saturated heterocycles. The Morgan fingerprint density at radius 2 is 2.03 bits per heavy atom. The number of hydrogen-bond acceptors (Lipinski definition) is 8. The normalized spacial score (nSPS) is 17.2. The number of benzene rings is 1. The number of piperazine rings is 1. The molecule has 0 spiro atoms. The second kappa shape index (κ2) is 9.55. The summed E-state index contributed by atoms with van der Waals surface area (Å²) in [6, 6.07) is 7.91. The minimum atomic E-state index is 0. The van der Waals surface area contributed by atoms with Crippen LogP contribution in [0.1, 0.15) is 38.3 Å². The highest BCUT2D eigenvalue weighted by Crippen LogP contribution is 2.26. The standard InChI is InChI=1S/C20H27N7O2.ClH/c1-5-16-18(20-22-19(24-29-20)17-12-21-10-11-26(17)4)23-25-27(16)14-6-8-15(9-7-14)28-13(2)3;/h6-9,13,17,21H,5,10-12H2,1-4H3;1H. The van der Waals surface area contributed by atoms with Gasteiger partial charge in [0.25, 0.3) is 5.89 Å². The van der Waals surface area contributed by atoms with Crippen LogP contribution in [0.3, 0.4) is 0 Å². The van der Waals surface area contributed by atoms with Gasteiger partial charge in [0.2, 0.25) is 0 Å². The lowest BCUT2D eigenvalue weighted by molar-refractivity contribution is 0.190. The second-order valence-corrected chi connectivity index (χ2v) is 7.47. The lowest BCUT2D eigenvalue weighted by Crippen LogP contribution is -2.44. The Morgan fingerprint density at radius 3 is 2.70 bits per heavy atom. The van der Waals surface area contributed by atoms with E-state index in [1.165, 1.54) is 0 Å². The first-order valence-corrected chi connectivity index (χ1v) is 10.0. The summed E-state index contributed by atoms with van der Waals surface area (Å²) in [6.45, 7) is 8.78. The topological polar surface area (TPSA) is 94.1 Å². The first kappa shape index (κ1) is 22.2. The van der Waals surface area contributed by atoms with Gasteiger partial charge in [0.05, 0.1) is 23.5 Å². The van der Waals surface area contributed by atoms with Gasteiger partial charge in [0, 0.05) is 19.6 Å². The van der Waals surface area contributed by atoms with E-state index in [1.807, 2.05) is 42.8 Å². The first-order valence-electron chi connectivity index (χ1n) is 10.0. The lowest BCUT2D eigenvalue weighted by Gasteiger charge is -2.30. The number of nitrogens with zero attached hydrogens (tertiary/aromatic N) is 6. The van der Waals surface area contributed by atoms with Gasteiger partial charge in [-0.3, -0.25) is 4.90 Å². The monoisotopic (exact) mass is 433 g/mol. The van der Waals surface area contributed by atoms with Crippen molar-refractivity contribution >= 4 is 12.4 Å². The molecule has 162 valence electrons. The van der Waals surface area contributed by atoms with Crippen molar-refractivity contribution in [1.29, 1.82) is 0 Å². The largest absolute Gasteiger partial charge is 0.491 e. The molecule has 4 rings (SSSR count). The van der Waals surface area contributed by atoms with Crippen LogP contribution in [-0.2, 0) is 6.42 Å². The quantitative estimate of drug-likeness (QED) is 0.634. The van der Waals surface area contributed by atoms with Crippen LogP contribution in [-0.4, -0.2) is 62.8 Å². The fourth-order valence-electron chi connectivity index (χ4n) is 3.49. The maximum atomic E-state index is 5.72. The second-order valence-electron chi connectivity index (χ2n) is 7.47. The molecule has 0 saturated carbocycles. The molecule has 1 atom stereocenters. The van der Waals surface area contributed by atoms with Crippen molar-refractivity contribution < 1.29 is 9.26 Å². The number of rotatable bonds is 6. The van der Waals surface area contributed by atoms with Crippen LogP contribution in [0.5, 0.6) is 5.75 Å². The summed E-state index contributed by atoms with van der Waals surface area (Å²) in [6.07, 6.45) is 0.866. The van der Waals surface area contributed by atoms with Crippen molar-refractivity contribution in [2.45, 2.75) is 39.3 Å². The number of likely N-dealkylation sites (N-methyl/N-ethyl adjacent to an activating group) is 1. The van der Waals surface area contributed by atoms with E-state index < -0.39 is 0 Å². The van der Waals surface area contributed by atoms with Crippen LogP contribution >= 0.6 is 12.4 Å². The smallest absolute Gasteiger partial charge is 0.280 e. The molecule has 1 aliphatic rings. The summed E-state index contributed by atoms with van der Waals surface area (Å²) >= 11 is 0. The predicted molar refractivity (Wildman–Crippen MR) is 115 cm³/mol. The van der Waals surface area contributed by atoms with Crippen LogP contribution in [0.2, 0.25) is 0 Å². The van der Waals surface area contributed by atoms with E-state index in [0.29, 0.717) is 17.4 Å². The third-order valence-electron chi connectivity index (χ3n) is 5.00. The van der Waals surface area contributed by atoms with E-state index in [2.05, 4.69) is 44.6 Å². The summed E-state index contributed by atoms with van der Waals surface area (Å²) in [7, 11) is 2.07. The SMILES string of the molecule is CCc1c(-c2nc(C3CNCCN3C)no2)nnn1-c1ccc(OC(C)C)cc1.Cl. The molecule has 0 bridgehead atoms. The zero-order valence-electron chi connectivity index (χ0n) is 17.7. The molecule has 1 aromatic carbocycles. The summed E-state index contributed by atoms with van der Waals surface area (Å²) in [4.78, 5) is 6.85. The van der Waals surface area contributed by atoms with Crippen molar-refractivity contribution in [1.82, 2.24) is 35.4 Å². The molecule has 2 aromatic heterocycles. The van der Waals surface area contributed by atoms with Crippen molar-refractivity contribution in [3.05, 3.63) is 35.8 Å². The lowest BCUT2D eigenvalue weighted by atomic mass is 10.2. The van der Waals surface area contributed by atoms with Gasteiger partial charge in [-0.25, -0.2) is 4.68 Å². The van der Waals surface area contributed by atoms with Crippen molar-refractivity contribution in [2.24, 2.45) is 0 Å². The Hall–Kier alpha value is -2.49. The highest BCUT2D eigenvalue weighted by molar-refractivity contribution is 5.85. The minimum absolute atomic E-state index is 0. The Kier molecular flexibility index (Phi) is 7.06. The molecular weight excluding hydrogens is 406 g/mol. The zero-order valence-corrected chi connectivity index (χ0v) is 18.5. The van der Waals surface area contributed by atoms with E-state index in [9.17, 15) is 0 Å². The average molecular weight is 434 g/mol. The number of hydrogen-bond donors (Lipinski definition) is 1. The Balaban J connectivity index is 0.00000256. The zero-order chi connectivity index (χ0) is 20.4. The Labute approximate surface area is 182 Å². The minimum Gasteiger partial charge on any atom is -0.491 e. The van der Waals surface area contributed by atoms with Crippen LogP contribution in [0.25, 0.3) is 17.3 Å². The van der Waals surface area contributed by atoms with E-state index >= 15 is 0 Å². The number of aromatic nitrogens is 5. The maximum absolute atomic E-state index is 5.72. The van der Waals surface area contributed by atoms with Crippen molar-refractivity contribution in [3.8, 4) is 23.0 Å². The molecule has 3 heterocycles. The van der Waals surface area contributed by atoms with E-state index in [-0.39, 0.29) is 24.6 Å². The van der Waals surface area contributed by atoms with Crippen molar-refractivity contribution in [3.63, 3.8) is 0 Å². The molecule has 0 aliphatic carbocycles. The molecule has 30 heavy (non-hydrogen) atoms. The Bertz CT molecular complexity index is 954. The first-order chi connectivity index (χ1) is 14.1. The summed E-state index contributed by atoms with van der Waals surface area (Å²) < 4.78 is 13.1. The molecule has 1 aliphatic heterocycles. The molecule has 10 heteroatoms. The number of ether oxygens (including phenoxy) is 1. The van der Waals surface area contributed by atoms with E-state index in [0.717, 1.165) is 43.2 Å².